The molecular formula is C19H30. The first-order valence-corrected chi connectivity index (χ1v) is 8.13. The fraction of sp³-hybridized carbons (Fsp3) is 0.579. The lowest BCUT2D eigenvalue weighted by Crippen LogP contribution is -1.86. The lowest BCUT2D eigenvalue weighted by Gasteiger charge is -2.08. The van der Waals surface area contributed by atoms with E-state index in [0.717, 1.165) is 0 Å². The third-order valence-corrected chi connectivity index (χ3v) is 3.64. The maximum atomic E-state index is 2.49. The van der Waals surface area contributed by atoms with Crippen molar-refractivity contribution in [3.05, 3.63) is 42.0 Å². The zero-order chi connectivity index (χ0) is 13.8. The quantitative estimate of drug-likeness (QED) is 0.414. The predicted molar refractivity (Wildman–Crippen MR) is 87.3 cm³/mol. The third kappa shape index (κ3) is 7.20. The van der Waals surface area contributed by atoms with E-state index in [-0.39, 0.29) is 0 Å². The highest BCUT2D eigenvalue weighted by Gasteiger charge is 2.00. The van der Waals surface area contributed by atoms with Crippen LogP contribution in [0.1, 0.15) is 77.2 Å². The Morgan fingerprint density at radius 1 is 0.842 bits per heavy atom. The summed E-state index contributed by atoms with van der Waals surface area (Å²) >= 11 is 0. The summed E-state index contributed by atoms with van der Waals surface area (Å²) in [6.07, 6.45) is 14.4. The summed E-state index contributed by atoms with van der Waals surface area (Å²) in [5.41, 5.74) is 2.99. The van der Waals surface area contributed by atoms with Gasteiger partial charge in [0.15, 0.2) is 0 Å². The van der Waals surface area contributed by atoms with Crippen LogP contribution in [0.4, 0.5) is 0 Å². The lowest BCUT2D eigenvalue weighted by molar-refractivity contribution is 0.673. The minimum atomic E-state index is 1.24. The summed E-state index contributed by atoms with van der Waals surface area (Å²) in [7, 11) is 0. The first-order valence-electron chi connectivity index (χ1n) is 8.13. The maximum absolute atomic E-state index is 2.49. The minimum absolute atomic E-state index is 1.24. The largest absolute Gasteiger partial charge is 0.0807 e. The third-order valence-electron chi connectivity index (χ3n) is 3.64. The zero-order valence-electron chi connectivity index (χ0n) is 12.8. The molecule has 0 aliphatic heterocycles. The Morgan fingerprint density at radius 2 is 1.53 bits per heavy atom. The highest BCUT2D eigenvalue weighted by atomic mass is 14.1. The van der Waals surface area contributed by atoms with E-state index in [1.807, 2.05) is 0 Å². The van der Waals surface area contributed by atoms with Gasteiger partial charge in [0.25, 0.3) is 0 Å². The molecule has 0 heterocycles. The molecule has 0 N–H and O–H groups in total. The van der Waals surface area contributed by atoms with Gasteiger partial charge in [0.2, 0.25) is 0 Å². The number of rotatable bonds is 10. The van der Waals surface area contributed by atoms with Crippen LogP contribution >= 0.6 is 0 Å². The minimum Gasteiger partial charge on any atom is -0.0807 e. The summed E-state index contributed by atoms with van der Waals surface area (Å²) in [6, 6.07) is 10.9. The predicted octanol–water partition coefficient (Wildman–Crippen LogP) is 6.62. The number of hydrogen-bond acceptors (Lipinski definition) is 0. The second-order valence-corrected chi connectivity index (χ2v) is 5.40. The average molecular weight is 258 g/mol. The molecule has 0 heteroatoms. The van der Waals surface area contributed by atoms with Gasteiger partial charge in [-0.15, -0.1) is 0 Å². The maximum Gasteiger partial charge on any atom is -0.0228 e. The molecule has 1 aromatic carbocycles. The Labute approximate surface area is 119 Å². The van der Waals surface area contributed by atoms with Gasteiger partial charge in [-0.1, -0.05) is 82.4 Å². The molecule has 0 bridgehead atoms. The van der Waals surface area contributed by atoms with E-state index in [2.05, 4.69) is 50.3 Å². The molecular weight excluding hydrogens is 228 g/mol. The van der Waals surface area contributed by atoms with Crippen LogP contribution in [0.15, 0.2) is 36.4 Å². The lowest BCUT2D eigenvalue weighted by atomic mass is 9.98. The van der Waals surface area contributed by atoms with Gasteiger partial charge in [0.1, 0.15) is 0 Å². The Morgan fingerprint density at radius 3 is 2.21 bits per heavy atom. The molecule has 1 rings (SSSR count). The summed E-state index contributed by atoms with van der Waals surface area (Å²) in [4.78, 5) is 0. The van der Waals surface area contributed by atoms with Gasteiger partial charge in [0, 0.05) is 0 Å². The Balaban J connectivity index is 2.51. The first kappa shape index (κ1) is 16.0. The molecule has 106 valence electrons. The second kappa shape index (κ2) is 10.8. The van der Waals surface area contributed by atoms with E-state index in [9.17, 15) is 0 Å². The van der Waals surface area contributed by atoms with Crippen molar-refractivity contribution >= 4 is 5.57 Å². The molecule has 0 amide bonds. The molecule has 0 nitrogen and oxygen atoms in total. The van der Waals surface area contributed by atoms with E-state index in [4.69, 9.17) is 0 Å². The van der Waals surface area contributed by atoms with Gasteiger partial charge in [0.05, 0.1) is 0 Å². The highest BCUT2D eigenvalue weighted by molar-refractivity contribution is 5.65. The second-order valence-electron chi connectivity index (χ2n) is 5.40. The SMILES string of the molecule is CCCCCCC=C(CCCCC)c1ccccc1. The monoisotopic (exact) mass is 258 g/mol. The summed E-state index contributed by atoms with van der Waals surface area (Å²) in [5, 5.41) is 0. The van der Waals surface area contributed by atoms with Crippen LogP contribution in [0.3, 0.4) is 0 Å². The molecule has 0 saturated heterocycles. The van der Waals surface area contributed by atoms with Crippen molar-refractivity contribution in [2.24, 2.45) is 0 Å². The first-order chi connectivity index (χ1) is 9.38. The van der Waals surface area contributed by atoms with Crippen molar-refractivity contribution in [2.75, 3.05) is 0 Å². The number of benzene rings is 1. The number of unbranched alkanes of at least 4 members (excludes halogenated alkanes) is 6. The molecule has 0 aliphatic rings. The smallest absolute Gasteiger partial charge is 0.0228 e. The van der Waals surface area contributed by atoms with Crippen molar-refractivity contribution < 1.29 is 0 Å². The molecule has 0 saturated carbocycles. The summed E-state index contributed by atoms with van der Waals surface area (Å²) < 4.78 is 0. The summed E-state index contributed by atoms with van der Waals surface area (Å²) in [5.74, 6) is 0. The standard InChI is InChI=1S/C19H30/c1-3-5-7-8-11-15-18(14-10-6-4-2)19-16-12-9-13-17-19/h9,12-13,15-17H,3-8,10-11,14H2,1-2H3. The van der Waals surface area contributed by atoms with Crippen molar-refractivity contribution in [1.82, 2.24) is 0 Å². The van der Waals surface area contributed by atoms with Crippen LogP contribution in [0.2, 0.25) is 0 Å². The normalized spacial score (nSPS) is 11.8. The molecule has 0 unspecified atom stereocenters. The van der Waals surface area contributed by atoms with Gasteiger partial charge in [-0.25, -0.2) is 0 Å². The van der Waals surface area contributed by atoms with E-state index < -0.39 is 0 Å². The molecule has 0 aromatic heterocycles. The Kier molecular flexibility index (Phi) is 9.14. The van der Waals surface area contributed by atoms with Crippen LogP contribution in [-0.2, 0) is 0 Å². The van der Waals surface area contributed by atoms with Gasteiger partial charge in [-0.2, -0.15) is 0 Å². The Hall–Kier alpha value is -1.04. The van der Waals surface area contributed by atoms with Gasteiger partial charge < -0.3 is 0 Å². The van der Waals surface area contributed by atoms with Crippen molar-refractivity contribution in [1.29, 1.82) is 0 Å². The average Bonchev–Trinajstić information content (AvgIpc) is 2.46. The van der Waals surface area contributed by atoms with Crippen LogP contribution in [0.5, 0.6) is 0 Å². The van der Waals surface area contributed by atoms with Crippen molar-refractivity contribution in [3.63, 3.8) is 0 Å². The molecule has 0 spiro atoms. The fourth-order valence-electron chi connectivity index (χ4n) is 2.43. The summed E-state index contributed by atoms with van der Waals surface area (Å²) in [6.45, 7) is 4.55. The highest BCUT2D eigenvalue weighted by Crippen LogP contribution is 2.22. The molecule has 0 radical (unpaired) electrons. The Bertz CT molecular complexity index is 334. The fourth-order valence-corrected chi connectivity index (χ4v) is 2.43. The van der Waals surface area contributed by atoms with Gasteiger partial charge >= 0.3 is 0 Å². The number of allylic oxidation sites excluding steroid dienone is 2. The van der Waals surface area contributed by atoms with Crippen LogP contribution in [0, 0.1) is 0 Å². The van der Waals surface area contributed by atoms with Crippen molar-refractivity contribution in [2.45, 2.75) is 71.6 Å². The van der Waals surface area contributed by atoms with E-state index in [1.165, 1.54) is 63.4 Å². The van der Waals surface area contributed by atoms with Gasteiger partial charge in [-0.05, 0) is 36.8 Å². The molecule has 1 aromatic rings. The van der Waals surface area contributed by atoms with E-state index in [1.54, 1.807) is 5.57 Å². The van der Waals surface area contributed by atoms with E-state index in [0.29, 0.717) is 0 Å². The molecule has 0 fully saturated rings. The molecule has 0 atom stereocenters. The van der Waals surface area contributed by atoms with E-state index >= 15 is 0 Å². The van der Waals surface area contributed by atoms with Gasteiger partial charge in [-0.3, -0.25) is 0 Å². The zero-order valence-corrected chi connectivity index (χ0v) is 12.8. The molecule has 0 aliphatic carbocycles. The van der Waals surface area contributed by atoms with Crippen LogP contribution in [0.25, 0.3) is 5.57 Å². The number of hydrogen-bond donors (Lipinski definition) is 0. The topological polar surface area (TPSA) is 0 Å². The van der Waals surface area contributed by atoms with Crippen molar-refractivity contribution in [3.8, 4) is 0 Å². The van der Waals surface area contributed by atoms with Crippen LogP contribution in [-0.4, -0.2) is 0 Å². The molecule has 19 heavy (non-hydrogen) atoms. The van der Waals surface area contributed by atoms with Crippen LogP contribution < -0.4 is 0 Å².